The summed E-state index contributed by atoms with van der Waals surface area (Å²) < 4.78 is 4.94. The van der Waals surface area contributed by atoms with E-state index in [1.54, 1.807) is 13.0 Å². The molecule has 0 heterocycles. The molecular formula is C10H14ClNO3. The molecule has 0 aliphatic carbocycles. The normalized spacial score (nSPS) is 12.6. The molecule has 0 saturated carbocycles. The lowest BCUT2D eigenvalue weighted by Gasteiger charge is -2.16. The summed E-state index contributed by atoms with van der Waals surface area (Å²) in [6, 6.07) is 1.03. The Balaban J connectivity index is 3.35. The number of hydrogen-bond acceptors (Lipinski definition) is 4. The van der Waals surface area contributed by atoms with Crippen molar-refractivity contribution in [1.29, 1.82) is 0 Å². The molecule has 15 heavy (non-hydrogen) atoms. The average Bonchev–Trinajstić information content (AvgIpc) is 2.23. The number of aromatic hydroxyl groups is 1. The Bertz CT molecular complexity index is 368. The predicted molar refractivity (Wildman–Crippen MR) is 58.4 cm³/mol. The van der Waals surface area contributed by atoms with Crippen LogP contribution >= 0.6 is 11.6 Å². The third-order valence-corrected chi connectivity index (χ3v) is 2.62. The number of phenols is 1. The zero-order valence-electron chi connectivity index (χ0n) is 8.62. The van der Waals surface area contributed by atoms with E-state index in [1.165, 1.54) is 7.11 Å². The Labute approximate surface area is 93.2 Å². The summed E-state index contributed by atoms with van der Waals surface area (Å²) in [5, 5.41) is 18.7. The summed E-state index contributed by atoms with van der Waals surface area (Å²) in [6.07, 6.45) is 0. The second-order valence-corrected chi connectivity index (χ2v) is 3.64. The van der Waals surface area contributed by atoms with Gasteiger partial charge in [0.05, 0.1) is 24.8 Å². The van der Waals surface area contributed by atoms with Crippen LogP contribution in [0.25, 0.3) is 0 Å². The highest BCUT2D eigenvalue weighted by atomic mass is 35.5. The van der Waals surface area contributed by atoms with Crippen molar-refractivity contribution in [2.24, 2.45) is 5.73 Å². The van der Waals surface area contributed by atoms with E-state index in [0.29, 0.717) is 11.3 Å². The molecule has 0 aliphatic heterocycles. The Morgan fingerprint density at radius 1 is 1.60 bits per heavy atom. The van der Waals surface area contributed by atoms with Crippen LogP contribution in [0.3, 0.4) is 0 Å². The standard InChI is InChI=1S/C10H14ClNO3/c1-5-3-7(15-2)10(14)9(11)8(5)6(12)4-13/h3,6,13-14H,4,12H2,1-2H3. The molecule has 1 aromatic carbocycles. The van der Waals surface area contributed by atoms with Crippen LogP contribution in [0.1, 0.15) is 17.2 Å². The van der Waals surface area contributed by atoms with Crippen molar-refractivity contribution in [2.45, 2.75) is 13.0 Å². The first-order chi connectivity index (χ1) is 7.02. The number of ether oxygens (including phenoxy) is 1. The van der Waals surface area contributed by atoms with E-state index < -0.39 is 6.04 Å². The molecule has 1 unspecified atom stereocenters. The summed E-state index contributed by atoms with van der Waals surface area (Å²) >= 11 is 5.93. The molecule has 84 valence electrons. The number of aryl methyl sites for hydroxylation is 1. The van der Waals surface area contributed by atoms with Gasteiger partial charge in [-0.2, -0.15) is 0 Å². The van der Waals surface area contributed by atoms with Crippen LogP contribution in [0, 0.1) is 6.92 Å². The van der Waals surface area contributed by atoms with Gasteiger partial charge in [-0.25, -0.2) is 0 Å². The van der Waals surface area contributed by atoms with Crippen LogP contribution in [0.2, 0.25) is 5.02 Å². The molecular weight excluding hydrogens is 218 g/mol. The molecule has 0 fully saturated rings. The van der Waals surface area contributed by atoms with Crippen molar-refractivity contribution >= 4 is 11.6 Å². The Morgan fingerprint density at radius 3 is 2.67 bits per heavy atom. The largest absolute Gasteiger partial charge is 0.503 e. The molecule has 0 spiro atoms. The summed E-state index contributed by atoms with van der Waals surface area (Å²) in [6.45, 7) is 1.56. The molecule has 0 aromatic heterocycles. The van der Waals surface area contributed by atoms with Gasteiger partial charge in [0.1, 0.15) is 0 Å². The first kappa shape index (κ1) is 12.1. The molecule has 0 saturated heterocycles. The van der Waals surface area contributed by atoms with Gasteiger partial charge in [-0.15, -0.1) is 0 Å². The minimum Gasteiger partial charge on any atom is -0.503 e. The SMILES string of the molecule is COc1cc(C)c(C(N)CO)c(Cl)c1O. The van der Waals surface area contributed by atoms with E-state index in [4.69, 9.17) is 27.2 Å². The van der Waals surface area contributed by atoms with Gasteiger partial charge >= 0.3 is 0 Å². The quantitative estimate of drug-likeness (QED) is 0.734. The molecule has 1 rings (SSSR count). The fourth-order valence-corrected chi connectivity index (χ4v) is 1.84. The van der Waals surface area contributed by atoms with Crippen molar-refractivity contribution in [3.63, 3.8) is 0 Å². The first-order valence-electron chi connectivity index (χ1n) is 4.45. The Hall–Kier alpha value is -0.970. The van der Waals surface area contributed by atoms with Gasteiger partial charge in [-0.1, -0.05) is 11.6 Å². The minimum absolute atomic E-state index is 0.133. The average molecular weight is 232 g/mol. The van der Waals surface area contributed by atoms with Crippen molar-refractivity contribution < 1.29 is 14.9 Å². The van der Waals surface area contributed by atoms with E-state index in [9.17, 15) is 5.11 Å². The summed E-state index contributed by atoms with van der Waals surface area (Å²) in [7, 11) is 1.44. The lowest BCUT2D eigenvalue weighted by molar-refractivity contribution is 0.267. The minimum atomic E-state index is -0.602. The van der Waals surface area contributed by atoms with E-state index >= 15 is 0 Å². The van der Waals surface area contributed by atoms with Crippen LogP contribution in [-0.2, 0) is 0 Å². The summed E-state index contributed by atoms with van der Waals surface area (Å²) in [5.74, 6) is 0.148. The molecule has 1 atom stereocenters. The monoisotopic (exact) mass is 231 g/mol. The van der Waals surface area contributed by atoms with E-state index in [1.807, 2.05) is 0 Å². The second kappa shape index (κ2) is 4.70. The number of benzene rings is 1. The predicted octanol–water partition coefficient (Wildman–Crippen LogP) is 1.35. The smallest absolute Gasteiger partial charge is 0.177 e. The van der Waals surface area contributed by atoms with Crippen LogP contribution < -0.4 is 10.5 Å². The number of hydrogen-bond donors (Lipinski definition) is 3. The van der Waals surface area contributed by atoms with Crippen LogP contribution in [-0.4, -0.2) is 23.9 Å². The van der Waals surface area contributed by atoms with Gasteiger partial charge in [-0.05, 0) is 24.1 Å². The van der Waals surface area contributed by atoms with Gasteiger partial charge < -0.3 is 20.7 Å². The molecule has 4 N–H and O–H groups in total. The van der Waals surface area contributed by atoms with Gasteiger partial charge in [0, 0.05) is 0 Å². The zero-order valence-corrected chi connectivity index (χ0v) is 9.38. The summed E-state index contributed by atoms with van der Waals surface area (Å²) in [4.78, 5) is 0. The molecule has 1 aromatic rings. The second-order valence-electron chi connectivity index (χ2n) is 3.26. The Morgan fingerprint density at radius 2 is 2.20 bits per heavy atom. The van der Waals surface area contributed by atoms with Crippen molar-refractivity contribution in [1.82, 2.24) is 0 Å². The van der Waals surface area contributed by atoms with Crippen molar-refractivity contribution in [3.8, 4) is 11.5 Å². The Kier molecular flexibility index (Phi) is 3.79. The highest BCUT2D eigenvalue weighted by molar-refractivity contribution is 6.33. The molecule has 0 bridgehead atoms. The van der Waals surface area contributed by atoms with E-state index in [0.717, 1.165) is 5.56 Å². The van der Waals surface area contributed by atoms with Gasteiger partial charge in [-0.3, -0.25) is 0 Å². The zero-order chi connectivity index (χ0) is 11.6. The highest BCUT2D eigenvalue weighted by Crippen LogP contribution is 2.40. The lowest BCUT2D eigenvalue weighted by atomic mass is 10.0. The van der Waals surface area contributed by atoms with Crippen LogP contribution in [0.15, 0.2) is 6.07 Å². The number of aliphatic hydroxyl groups excluding tert-OH is 1. The maximum atomic E-state index is 9.65. The third-order valence-electron chi connectivity index (χ3n) is 2.24. The number of phenolic OH excluding ortho intramolecular Hbond substituents is 1. The third kappa shape index (κ3) is 2.17. The topological polar surface area (TPSA) is 75.7 Å². The molecule has 0 radical (unpaired) electrons. The number of rotatable bonds is 3. The van der Waals surface area contributed by atoms with E-state index in [2.05, 4.69) is 0 Å². The van der Waals surface area contributed by atoms with E-state index in [-0.39, 0.29) is 17.4 Å². The number of halogens is 1. The fourth-order valence-electron chi connectivity index (χ4n) is 1.45. The van der Waals surface area contributed by atoms with Gasteiger partial charge in [0.2, 0.25) is 0 Å². The first-order valence-corrected chi connectivity index (χ1v) is 4.83. The summed E-state index contributed by atoms with van der Waals surface area (Å²) in [5.41, 5.74) is 6.98. The number of aliphatic hydroxyl groups is 1. The fraction of sp³-hybridized carbons (Fsp3) is 0.400. The molecule has 4 nitrogen and oxygen atoms in total. The molecule has 0 aliphatic rings. The van der Waals surface area contributed by atoms with Crippen LogP contribution in [0.4, 0.5) is 0 Å². The maximum absolute atomic E-state index is 9.65. The van der Waals surface area contributed by atoms with Crippen molar-refractivity contribution in [3.05, 3.63) is 22.2 Å². The van der Waals surface area contributed by atoms with Crippen LogP contribution in [0.5, 0.6) is 11.5 Å². The molecule has 0 amide bonds. The maximum Gasteiger partial charge on any atom is 0.177 e. The number of nitrogens with two attached hydrogens (primary N) is 1. The molecule has 5 heteroatoms. The van der Waals surface area contributed by atoms with Gasteiger partial charge in [0.25, 0.3) is 0 Å². The highest BCUT2D eigenvalue weighted by Gasteiger charge is 2.18. The lowest BCUT2D eigenvalue weighted by Crippen LogP contribution is -2.16. The van der Waals surface area contributed by atoms with Crippen molar-refractivity contribution in [2.75, 3.05) is 13.7 Å². The number of methoxy groups -OCH3 is 1. The van der Waals surface area contributed by atoms with Gasteiger partial charge in [0.15, 0.2) is 11.5 Å².